The number of hydrazine groups is 1. The molecule has 0 unspecified atom stereocenters. The molecule has 0 saturated heterocycles. The van der Waals surface area contributed by atoms with Crippen LogP contribution in [0.4, 0.5) is 0 Å². The highest BCUT2D eigenvalue weighted by atomic mass is 79.9. The zero-order valence-corrected chi connectivity index (χ0v) is 13.5. The molecule has 0 radical (unpaired) electrons. The Balaban J connectivity index is 1.98. The van der Waals surface area contributed by atoms with E-state index in [1.54, 1.807) is 12.1 Å². The predicted molar refractivity (Wildman–Crippen MR) is 81.2 cm³/mol. The summed E-state index contributed by atoms with van der Waals surface area (Å²) in [6.45, 7) is 0. The fraction of sp³-hybridized carbons (Fsp3) is 0. The van der Waals surface area contributed by atoms with E-state index in [4.69, 9.17) is 23.2 Å². The van der Waals surface area contributed by atoms with E-state index in [2.05, 4.69) is 31.8 Å². The monoisotopic (exact) mass is 393 g/mol. The summed E-state index contributed by atoms with van der Waals surface area (Å²) in [4.78, 5) is 27.7. The number of pyridine rings is 1. The van der Waals surface area contributed by atoms with Crippen molar-refractivity contribution in [2.45, 2.75) is 0 Å². The lowest BCUT2D eigenvalue weighted by Gasteiger charge is -2.06. The second kappa shape index (κ2) is 6.53. The topological polar surface area (TPSA) is 71.1 Å². The highest BCUT2D eigenvalue weighted by Crippen LogP contribution is 2.22. The van der Waals surface area contributed by atoms with Crippen molar-refractivity contribution in [1.82, 2.24) is 15.8 Å². The van der Waals surface area contributed by atoms with Crippen molar-refractivity contribution in [3.05, 3.63) is 48.8 Å². The zero-order chi connectivity index (χ0) is 14.7. The van der Waals surface area contributed by atoms with Crippen molar-refractivity contribution in [3.63, 3.8) is 0 Å². The standard InChI is InChI=1S/C11H6BrCl2N3O2S/c12-8-2-1-7(20-8)11(19)17-16-10(18)5-3-6(13)9(14)15-4-5/h1-4H,(H,16,18)(H,17,19). The molecule has 2 N–H and O–H groups in total. The average molecular weight is 395 g/mol. The fourth-order valence-corrected chi connectivity index (χ4v) is 2.78. The number of hydrogen-bond donors (Lipinski definition) is 2. The van der Waals surface area contributed by atoms with E-state index in [0.717, 1.165) is 3.79 Å². The first kappa shape index (κ1) is 15.2. The van der Waals surface area contributed by atoms with Crippen LogP contribution >= 0.6 is 50.5 Å². The summed E-state index contributed by atoms with van der Waals surface area (Å²) in [6, 6.07) is 4.74. The Morgan fingerprint density at radius 2 is 1.90 bits per heavy atom. The van der Waals surface area contributed by atoms with Crippen LogP contribution in [0.5, 0.6) is 0 Å². The lowest BCUT2D eigenvalue weighted by molar-refractivity contribution is 0.0848. The number of carbonyl (C=O) groups is 2. The Bertz CT molecular complexity index is 677. The van der Waals surface area contributed by atoms with Crippen LogP contribution in [0.2, 0.25) is 10.2 Å². The van der Waals surface area contributed by atoms with Crippen molar-refractivity contribution < 1.29 is 9.59 Å². The molecule has 0 atom stereocenters. The maximum atomic E-state index is 11.8. The Labute approximate surface area is 136 Å². The van der Waals surface area contributed by atoms with E-state index in [9.17, 15) is 9.59 Å². The third-order valence-electron chi connectivity index (χ3n) is 2.15. The van der Waals surface area contributed by atoms with Gasteiger partial charge in [0.25, 0.3) is 11.8 Å². The quantitative estimate of drug-likeness (QED) is 0.606. The molecule has 0 fully saturated rings. The third-order valence-corrected chi connectivity index (χ3v) is 4.45. The lowest BCUT2D eigenvalue weighted by Crippen LogP contribution is -2.41. The molecule has 5 nitrogen and oxygen atoms in total. The van der Waals surface area contributed by atoms with Crippen molar-refractivity contribution in [2.24, 2.45) is 0 Å². The number of amides is 2. The van der Waals surface area contributed by atoms with E-state index in [1.807, 2.05) is 0 Å². The molecule has 0 aliphatic carbocycles. The van der Waals surface area contributed by atoms with Gasteiger partial charge in [-0.3, -0.25) is 20.4 Å². The van der Waals surface area contributed by atoms with Crippen molar-refractivity contribution in [3.8, 4) is 0 Å². The van der Waals surface area contributed by atoms with Gasteiger partial charge in [0.1, 0.15) is 5.15 Å². The summed E-state index contributed by atoms with van der Waals surface area (Å²) < 4.78 is 0.822. The molecule has 2 aromatic heterocycles. The first-order valence-corrected chi connectivity index (χ1v) is 7.51. The fourth-order valence-electron chi connectivity index (χ4n) is 1.23. The van der Waals surface area contributed by atoms with Crippen LogP contribution in [0.15, 0.2) is 28.2 Å². The summed E-state index contributed by atoms with van der Waals surface area (Å²) in [6.07, 6.45) is 1.26. The van der Waals surface area contributed by atoms with Crippen LogP contribution in [0.25, 0.3) is 0 Å². The minimum absolute atomic E-state index is 0.107. The van der Waals surface area contributed by atoms with E-state index in [-0.39, 0.29) is 15.7 Å². The molecule has 104 valence electrons. The van der Waals surface area contributed by atoms with Crippen LogP contribution < -0.4 is 10.9 Å². The lowest BCUT2D eigenvalue weighted by atomic mass is 10.3. The predicted octanol–water partition coefficient (Wildman–Crippen LogP) is 3.29. The third kappa shape index (κ3) is 3.69. The molecule has 0 aliphatic heterocycles. The maximum Gasteiger partial charge on any atom is 0.279 e. The molecule has 2 rings (SSSR count). The number of aromatic nitrogens is 1. The summed E-state index contributed by atoms with van der Waals surface area (Å²) >= 11 is 15.9. The Kier molecular flexibility index (Phi) is 4.98. The van der Waals surface area contributed by atoms with Gasteiger partial charge in [0.2, 0.25) is 0 Å². The molecule has 2 heterocycles. The molecule has 0 aliphatic rings. The van der Waals surface area contributed by atoms with Crippen LogP contribution in [-0.2, 0) is 0 Å². The number of halogens is 3. The van der Waals surface area contributed by atoms with Gasteiger partial charge in [0, 0.05) is 6.20 Å². The first-order valence-electron chi connectivity index (χ1n) is 5.14. The van der Waals surface area contributed by atoms with E-state index in [0.29, 0.717) is 4.88 Å². The van der Waals surface area contributed by atoms with Crippen LogP contribution in [-0.4, -0.2) is 16.8 Å². The Hall–Kier alpha value is -1.15. The minimum atomic E-state index is -0.542. The number of hydrogen-bond acceptors (Lipinski definition) is 4. The Morgan fingerprint density at radius 1 is 1.20 bits per heavy atom. The summed E-state index contributed by atoms with van der Waals surface area (Å²) in [7, 11) is 0. The average Bonchev–Trinajstić information content (AvgIpc) is 2.85. The van der Waals surface area contributed by atoms with Crippen LogP contribution in [0, 0.1) is 0 Å². The molecular weight excluding hydrogens is 389 g/mol. The SMILES string of the molecule is O=C(NNC(=O)c1ccc(Br)s1)c1cnc(Cl)c(Cl)c1. The number of thiophene rings is 1. The molecule has 2 amide bonds. The second-order valence-electron chi connectivity index (χ2n) is 3.51. The molecule has 0 bridgehead atoms. The van der Waals surface area contributed by atoms with Crippen molar-refractivity contribution >= 4 is 62.3 Å². The van der Waals surface area contributed by atoms with Crippen LogP contribution in [0.1, 0.15) is 20.0 Å². The van der Waals surface area contributed by atoms with Gasteiger partial charge >= 0.3 is 0 Å². The number of carbonyl (C=O) groups excluding carboxylic acids is 2. The number of rotatable bonds is 2. The number of nitrogens with zero attached hydrogens (tertiary/aromatic N) is 1. The molecular formula is C11H6BrCl2N3O2S. The molecule has 9 heteroatoms. The van der Waals surface area contributed by atoms with Crippen molar-refractivity contribution in [2.75, 3.05) is 0 Å². The Morgan fingerprint density at radius 3 is 2.50 bits per heavy atom. The van der Waals surface area contributed by atoms with Gasteiger partial charge in [0.05, 0.1) is 19.2 Å². The van der Waals surface area contributed by atoms with Gasteiger partial charge in [-0.2, -0.15) is 0 Å². The van der Waals surface area contributed by atoms with Gasteiger partial charge in [0.15, 0.2) is 0 Å². The van der Waals surface area contributed by atoms with Crippen molar-refractivity contribution in [1.29, 1.82) is 0 Å². The van der Waals surface area contributed by atoms with Gasteiger partial charge in [-0.25, -0.2) is 4.98 Å². The highest BCUT2D eigenvalue weighted by molar-refractivity contribution is 9.11. The van der Waals surface area contributed by atoms with E-state index >= 15 is 0 Å². The zero-order valence-electron chi connectivity index (χ0n) is 9.62. The van der Waals surface area contributed by atoms with Gasteiger partial charge in [-0.1, -0.05) is 23.2 Å². The summed E-state index contributed by atoms with van der Waals surface area (Å²) in [5.74, 6) is -0.956. The second-order valence-corrected chi connectivity index (χ2v) is 6.74. The smallest absolute Gasteiger partial charge is 0.267 e. The first-order chi connectivity index (χ1) is 9.47. The number of nitrogens with one attached hydrogen (secondary N) is 2. The highest BCUT2D eigenvalue weighted by Gasteiger charge is 2.12. The molecule has 0 aromatic carbocycles. The largest absolute Gasteiger partial charge is 0.279 e. The van der Waals surface area contributed by atoms with Gasteiger partial charge in [-0.05, 0) is 34.1 Å². The molecule has 20 heavy (non-hydrogen) atoms. The van der Waals surface area contributed by atoms with Gasteiger partial charge < -0.3 is 0 Å². The molecule has 2 aromatic rings. The van der Waals surface area contributed by atoms with Gasteiger partial charge in [-0.15, -0.1) is 11.3 Å². The molecule has 0 spiro atoms. The van der Waals surface area contributed by atoms with E-state index < -0.39 is 11.8 Å². The van der Waals surface area contributed by atoms with Crippen LogP contribution in [0.3, 0.4) is 0 Å². The minimum Gasteiger partial charge on any atom is -0.267 e. The normalized spacial score (nSPS) is 10.2. The molecule has 0 saturated carbocycles. The summed E-state index contributed by atoms with van der Waals surface area (Å²) in [5, 5.41) is 0.267. The van der Waals surface area contributed by atoms with E-state index in [1.165, 1.54) is 23.6 Å². The summed E-state index contributed by atoms with van der Waals surface area (Å²) in [5.41, 5.74) is 4.74. The maximum absolute atomic E-state index is 11.8.